The van der Waals surface area contributed by atoms with Crippen molar-refractivity contribution in [2.45, 2.75) is 65.3 Å². The number of nitrogens with one attached hydrogen (secondary N) is 2. The first-order valence-electron chi connectivity index (χ1n) is 13.7. The highest BCUT2D eigenvalue weighted by Crippen LogP contribution is 2.34. The van der Waals surface area contributed by atoms with Crippen LogP contribution in [0.5, 0.6) is 0 Å². The lowest BCUT2D eigenvalue weighted by molar-refractivity contribution is -0.126. The molecule has 4 aromatic rings. The zero-order valence-electron chi connectivity index (χ0n) is 23.7. The Labute approximate surface area is 245 Å². The molecule has 1 fully saturated rings. The highest BCUT2D eigenvalue weighted by Gasteiger charge is 2.29. The minimum atomic E-state index is -4.27. The maximum Gasteiger partial charge on any atom is 0.393 e. The van der Waals surface area contributed by atoms with Crippen LogP contribution in [0, 0.1) is 25.2 Å². The molecule has 0 atom stereocenters. The predicted molar refractivity (Wildman–Crippen MR) is 158 cm³/mol. The topological polar surface area (TPSA) is 98.9 Å². The zero-order valence-corrected chi connectivity index (χ0v) is 24.5. The predicted octanol–water partition coefficient (Wildman–Crippen LogP) is 5.97. The first kappa shape index (κ1) is 29.5. The van der Waals surface area contributed by atoms with Gasteiger partial charge in [-0.3, -0.25) is 9.69 Å². The number of piperidine rings is 1. The van der Waals surface area contributed by atoms with Crippen molar-refractivity contribution in [3.05, 3.63) is 64.1 Å². The number of alkyl halides is 3. The highest BCUT2D eigenvalue weighted by molar-refractivity contribution is 7.18. The summed E-state index contributed by atoms with van der Waals surface area (Å²) in [6.07, 6.45) is -3.50. The van der Waals surface area contributed by atoms with E-state index in [-0.39, 0.29) is 16.8 Å². The van der Waals surface area contributed by atoms with Crippen molar-refractivity contribution in [1.82, 2.24) is 24.8 Å². The molecule has 5 rings (SSSR count). The molecule has 1 aliphatic rings. The lowest BCUT2D eigenvalue weighted by Gasteiger charge is -2.33. The number of likely N-dealkylation sites (tertiary alicyclic amines) is 1. The van der Waals surface area contributed by atoms with Crippen LogP contribution in [-0.4, -0.2) is 50.6 Å². The molecule has 1 amide bonds. The van der Waals surface area contributed by atoms with Gasteiger partial charge in [-0.25, -0.2) is 9.97 Å². The maximum absolute atomic E-state index is 13.0. The van der Waals surface area contributed by atoms with E-state index in [0.29, 0.717) is 39.8 Å². The van der Waals surface area contributed by atoms with E-state index in [4.69, 9.17) is 0 Å². The number of nitriles is 1. The summed E-state index contributed by atoms with van der Waals surface area (Å²) in [6, 6.07) is 9.97. The van der Waals surface area contributed by atoms with Crippen LogP contribution in [0.15, 0.2) is 36.5 Å². The minimum absolute atomic E-state index is 0.150. The summed E-state index contributed by atoms with van der Waals surface area (Å²) in [5.74, 6) is 0.928. The summed E-state index contributed by atoms with van der Waals surface area (Å²) in [7, 11) is 0. The van der Waals surface area contributed by atoms with Crippen molar-refractivity contribution in [3.8, 4) is 6.07 Å². The number of benzene rings is 1. The van der Waals surface area contributed by atoms with Gasteiger partial charge in [-0.05, 0) is 56.0 Å². The number of anilines is 1. The fourth-order valence-electron chi connectivity index (χ4n) is 5.58. The van der Waals surface area contributed by atoms with Gasteiger partial charge in [-0.2, -0.15) is 18.4 Å². The molecular formula is C30H32F3N7OS. The number of amides is 1. The van der Waals surface area contributed by atoms with Crippen molar-refractivity contribution in [1.29, 1.82) is 5.26 Å². The molecule has 0 radical (unpaired) electrons. The summed E-state index contributed by atoms with van der Waals surface area (Å²) < 4.78 is 40.7. The van der Waals surface area contributed by atoms with E-state index in [1.165, 1.54) is 12.5 Å². The first-order valence-corrected chi connectivity index (χ1v) is 14.5. The lowest BCUT2D eigenvalue weighted by atomic mass is 10.0. The van der Waals surface area contributed by atoms with Crippen LogP contribution < -0.4 is 10.6 Å². The van der Waals surface area contributed by atoms with Gasteiger partial charge in [0.1, 0.15) is 28.2 Å². The van der Waals surface area contributed by atoms with Crippen molar-refractivity contribution < 1.29 is 18.0 Å². The number of hydrogen-bond donors (Lipinski definition) is 2. The van der Waals surface area contributed by atoms with E-state index in [9.17, 15) is 23.2 Å². The van der Waals surface area contributed by atoms with Crippen molar-refractivity contribution in [2.24, 2.45) is 0 Å². The van der Waals surface area contributed by atoms with E-state index in [0.717, 1.165) is 60.3 Å². The van der Waals surface area contributed by atoms with Crippen molar-refractivity contribution in [3.63, 3.8) is 0 Å². The molecule has 0 saturated carbocycles. The molecule has 0 unspecified atom stereocenters. The van der Waals surface area contributed by atoms with Gasteiger partial charge in [0.05, 0.1) is 18.4 Å². The Hall–Kier alpha value is -3.95. The Bertz CT molecular complexity index is 1710. The second-order valence-electron chi connectivity index (χ2n) is 10.8. The van der Waals surface area contributed by atoms with Gasteiger partial charge >= 0.3 is 6.18 Å². The molecule has 1 aromatic carbocycles. The number of thiophene rings is 1. The van der Waals surface area contributed by atoms with E-state index < -0.39 is 12.6 Å². The number of hydrogen-bond acceptors (Lipinski definition) is 7. The van der Waals surface area contributed by atoms with Crippen molar-refractivity contribution >= 4 is 44.2 Å². The average molecular weight is 596 g/mol. The smallest absolute Gasteiger partial charge is 0.367 e. The second-order valence-corrected chi connectivity index (χ2v) is 11.9. The fraction of sp³-hybridized carbons (Fsp3) is 0.400. The summed E-state index contributed by atoms with van der Waals surface area (Å²) in [6.45, 7) is 11.9. The Morgan fingerprint density at radius 2 is 1.93 bits per heavy atom. The number of carbonyl (C=O) groups excluding carboxylic acids is 1. The van der Waals surface area contributed by atoms with Crippen molar-refractivity contribution in [2.75, 3.05) is 18.4 Å². The van der Waals surface area contributed by atoms with Gasteiger partial charge in [0.25, 0.3) is 0 Å². The quantitative estimate of drug-likeness (QED) is 0.261. The van der Waals surface area contributed by atoms with Gasteiger partial charge in [0.15, 0.2) is 0 Å². The van der Waals surface area contributed by atoms with E-state index >= 15 is 0 Å². The Morgan fingerprint density at radius 3 is 2.60 bits per heavy atom. The van der Waals surface area contributed by atoms with Crippen LogP contribution >= 0.6 is 11.3 Å². The largest absolute Gasteiger partial charge is 0.393 e. The van der Waals surface area contributed by atoms with Gasteiger partial charge in [-0.1, -0.05) is 12.6 Å². The molecule has 42 heavy (non-hydrogen) atoms. The molecule has 0 aliphatic carbocycles. The van der Waals surface area contributed by atoms with Gasteiger partial charge in [-0.15, -0.1) is 11.3 Å². The molecule has 220 valence electrons. The molecule has 3 aromatic heterocycles. The summed E-state index contributed by atoms with van der Waals surface area (Å²) >= 11 is 1.07. The molecule has 0 spiro atoms. The normalized spacial score (nSPS) is 14.8. The summed E-state index contributed by atoms with van der Waals surface area (Å²) in [5.41, 5.74) is 4.24. The lowest BCUT2D eigenvalue weighted by Crippen LogP contribution is -2.39. The minimum Gasteiger partial charge on any atom is -0.367 e. The third-order valence-corrected chi connectivity index (χ3v) is 8.56. The van der Waals surface area contributed by atoms with Crippen LogP contribution in [0.4, 0.5) is 19.0 Å². The van der Waals surface area contributed by atoms with Gasteiger partial charge < -0.3 is 15.2 Å². The average Bonchev–Trinajstić information content (AvgIpc) is 3.46. The molecule has 12 heteroatoms. The number of fused-ring (bicyclic) bond motifs is 2. The van der Waals surface area contributed by atoms with Gasteiger partial charge in [0, 0.05) is 54.1 Å². The number of aryl methyl sites for hydroxylation is 2. The number of halogens is 3. The second kappa shape index (κ2) is 11.7. The summed E-state index contributed by atoms with van der Waals surface area (Å²) in [5, 5.41) is 17.5. The monoisotopic (exact) mass is 595 g/mol. The van der Waals surface area contributed by atoms with E-state index in [1.54, 1.807) is 13.0 Å². The van der Waals surface area contributed by atoms with E-state index in [2.05, 4.69) is 51.1 Å². The van der Waals surface area contributed by atoms with E-state index in [1.807, 2.05) is 16.7 Å². The number of carbonyl (C=O) groups is 1. The Balaban J connectivity index is 1.26. The molecule has 4 heterocycles. The molecule has 2 N–H and O–H groups in total. The van der Waals surface area contributed by atoms with Crippen LogP contribution in [-0.2, 0) is 24.3 Å². The van der Waals surface area contributed by atoms with Crippen LogP contribution in [0.3, 0.4) is 0 Å². The summed E-state index contributed by atoms with van der Waals surface area (Å²) in [4.78, 5) is 23.5. The number of aromatic nitrogens is 3. The molecule has 8 nitrogen and oxygen atoms in total. The van der Waals surface area contributed by atoms with Gasteiger partial charge in [0.2, 0.25) is 5.91 Å². The standard InChI is InChI=1S/C30H32F3N7OS/c1-17(35-20(4)41)15-40-23(14-34)11-25-18(2)21(5-6-27(25)40)16-39-9-7-22(8-10-39)38-28-26-12-24(13-30(31,32)33)42-29(26)37-19(3)36-28/h5-6,11-12,22H,1,7-10,13,15-16H2,2-4H3,(H,35,41)(H,36,37,38). The molecule has 1 aliphatic heterocycles. The number of rotatable bonds is 8. The SMILES string of the molecule is C=C(Cn1c(C#N)cc2c(C)c(CN3CCC(Nc4nc(C)nc5sc(CC(F)(F)F)cc45)CC3)ccc21)NC(C)=O. The molecule has 0 bridgehead atoms. The van der Waals surface area contributed by atoms with Crippen LogP contribution in [0.1, 0.15) is 47.3 Å². The van der Waals surface area contributed by atoms with Crippen LogP contribution in [0.25, 0.3) is 21.1 Å². The third-order valence-electron chi connectivity index (χ3n) is 7.54. The molecular weight excluding hydrogens is 563 g/mol. The third kappa shape index (κ3) is 6.58. The zero-order chi connectivity index (χ0) is 30.2. The highest BCUT2D eigenvalue weighted by atomic mass is 32.1. The van der Waals surface area contributed by atoms with Crippen LogP contribution in [0.2, 0.25) is 0 Å². The molecule has 1 saturated heterocycles. The first-order chi connectivity index (χ1) is 19.9. The number of allylic oxidation sites excluding steroid dienone is 1. The Morgan fingerprint density at radius 1 is 1.19 bits per heavy atom. The fourth-order valence-corrected chi connectivity index (χ4v) is 6.68. The Kier molecular flexibility index (Phi) is 8.25. The maximum atomic E-state index is 13.0. The number of nitrogens with zero attached hydrogens (tertiary/aromatic N) is 5.